The van der Waals surface area contributed by atoms with E-state index < -0.39 is 0 Å². The number of nitrogens with zero attached hydrogens (tertiary/aromatic N) is 1. The number of hydrogen-bond donors (Lipinski definition) is 1. The smallest absolute Gasteiger partial charge is 0.248 e. The highest BCUT2D eigenvalue weighted by molar-refractivity contribution is 7.10. The molecule has 156 valence electrons. The number of hydrogen-bond acceptors (Lipinski definition) is 5. The number of piperidine rings is 1. The van der Waals surface area contributed by atoms with Crippen molar-refractivity contribution in [3.8, 4) is 11.5 Å². The molecule has 3 rings (SSSR count). The Morgan fingerprint density at radius 3 is 2.72 bits per heavy atom. The van der Waals surface area contributed by atoms with Gasteiger partial charge in [-0.3, -0.25) is 9.69 Å². The molecule has 29 heavy (non-hydrogen) atoms. The molecule has 0 spiro atoms. The number of nitrogens with one attached hydrogen (secondary N) is 1. The molecule has 5 nitrogen and oxygen atoms in total. The van der Waals surface area contributed by atoms with Crippen molar-refractivity contribution in [3.05, 3.63) is 46.7 Å². The molecular weight excluding hydrogens is 384 g/mol. The summed E-state index contributed by atoms with van der Waals surface area (Å²) in [5.74, 6) is 1.13. The zero-order valence-corrected chi connectivity index (χ0v) is 18.2. The number of ether oxygens (including phenoxy) is 2. The summed E-state index contributed by atoms with van der Waals surface area (Å²) >= 11 is 1.59. The van der Waals surface area contributed by atoms with Crippen LogP contribution < -0.4 is 14.8 Å². The molecule has 1 aliphatic rings. The molecule has 1 aliphatic heterocycles. The molecule has 2 atom stereocenters. The Balaban J connectivity index is 1.58. The monoisotopic (exact) mass is 414 g/mol. The Labute approximate surface area is 177 Å². The fourth-order valence-electron chi connectivity index (χ4n) is 3.77. The number of likely N-dealkylation sites (tertiary alicyclic amines) is 1. The summed E-state index contributed by atoms with van der Waals surface area (Å²) in [5, 5.41) is 4.87. The third-order valence-electron chi connectivity index (χ3n) is 5.36. The van der Waals surface area contributed by atoms with Crippen molar-refractivity contribution in [2.24, 2.45) is 0 Å². The maximum atomic E-state index is 12.2. The SMILES string of the molecule is COc1ccc(NC(=O)C=Cc2cccs2)cc1OCCN1[C@H](C)CCC[C@@H]1C. The van der Waals surface area contributed by atoms with Crippen LogP contribution in [0.1, 0.15) is 38.0 Å². The van der Waals surface area contributed by atoms with Crippen molar-refractivity contribution < 1.29 is 14.3 Å². The van der Waals surface area contributed by atoms with Crippen molar-refractivity contribution in [2.45, 2.75) is 45.2 Å². The van der Waals surface area contributed by atoms with Crippen LogP contribution in [0, 0.1) is 0 Å². The van der Waals surface area contributed by atoms with E-state index in [2.05, 4.69) is 24.1 Å². The second kappa shape index (κ2) is 10.5. The lowest BCUT2D eigenvalue weighted by atomic mass is 9.98. The second-order valence-electron chi connectivity index (χ2n) is 7.42. The average molecular weight is 415 g/mol. The van der Waals surface area contributed by atoms with Crippen LogP contribution >= 0.6 is 11.3 Å². The average Bonchev–Trinajstić information content (AvgIpc) is 3.22. The number of carbonyl (C=O) groups is 1. The molecular formula is C23H30N2O3S. The molecule has 2 heterocycles. The van der Waals surface area contributed by atoms with Gasteiger partial charge in [0.2, 0.25) is 5.91 Å². The standard InChI is InChI=1S/C23H30N2O3S/c1-17-6-4-7-18(2)25(17)13-14-28-22-16-19(9-11-21(22)27-3)24-23(26)12-10-20-8-5-15-29-20/h5,8-12,15-18H,4,6-7,13-14H2,1-3H3,(H,24,26)/t17-,18+. The molecule has 6 heteroatoms. The van der Waals surface area contributed by atoms with Crippen molar-refractivity contribution in [1.82, 2.24) is 4.90 Å². The largest absolute Gasteiger partial charge is 0.493 e. The fourth-order valence-corrected chi connectivity index (χ4v) is 4.39. The van der Waals surface area contributed by atoms with Crippen molar-refractivity contribution in [3.63, 3.8) is 0 Å². The third-order valence-corrected chi connectivity index (χ3v) is 6.19. The zero-order valence-electron chi connectivity index (χ0n) is 17.4. The molecule has 2 aromatic rings. The van der Waals surface area contributed by atoms with Crippen LogP contribution in [0.25, 0.3) is 6.08 Å². The van der Waals surface area contributed by atoms with Crippen LogP contribution in [-0.2, 0) is 4.79 Å². The molecule has 0 saturated carbocycles. The lowest BCUT2D eigenvalue weighted by Crippen LogP contribution is -2.45. The molecule has 1 aromatic carbocycles. The quantitative estimate of drug-likeness (QED) is 0.614. The topological polar surface area (TPSA) is 50.8 Å². The van der Waals surface area contributed by atoms with Gasteiger partial charge >= 0.3 is 0 Å². The van der Waals surface area contributed by atoms with Gasteiger partial charge in [0.15, 0.2) is 11.5 Å². The number of rotatable bonds is 8. The highest BCUT2D eigenvalue weighted by Gasteiger charge is 2.24. The summed E-state index contributed by atoms with van der Waals surface area (Å²) in [5.41, 5.74) is 0.682. The van der Waals surface area contributed by atoms with Crippen LogP contribution in [0.5, 0.6) is 11.5 Å². The predicted octanol–water partition coefficient (Wildman–Crippen LogP) is 5.05. The molecule has 1 amide bonds. The van der Waals surface area contributed by atoms with E-state index in [1.54, 1.807) is 18.4 Å². The zero-order chi connectivity index (χ0) is 20.6. The first kappa shape index (κ1) is 21.4. The maximum Gasteiger partial charge on any atom is 0.248 e. The van der Waals surface area contributed by atoms with Gasteiger partial charge < -0.3 is 14.8 Å². The van der Waals surface area contributed by atoms with Gasteiger partial charge in [-0.05, 0) is 56.3 Å². The minimum atomic E-state index is -0.175. The summed E-state index contributed by atoms with van der Waals surface area (Å²) in [7, 11) is 1.62. The molecule has 1 N–H and O–H groups in total. The van der Waals surface area contributed by atoms with Gasteiger partial charge in [-0.15, -0.1) is 11.3 Å². The molecule has 0 aliphatic carbocycles. The van der Waals surface area contributed by atoms with Crippen molar-refractivity contribution >= 4 is 29.0 Å². The van der Waals surface area contributed by atoms with Crippen LogP contribution in [0.3, 0.4) is 0 Å². The number of thiophene rings is 1. The van der Waals surface area contributed by atoms with E-state index in [0.29, 0.717) is 35.9 Å². The van der Waals surface area contributed by atoms with Crippen LogP contribution in [0.15, 0.2) is 41.8 Å². The Kier molecular flexibility index (Phi) is 7.72. The minimum absolute atomic E-state index is 0.175. The summed E-state index contributed by atoms with van der Waals surface area (Å²) < 4.78 is 11.5. The van der Waals surface area contributed by atoms with Gasteiger partial charge in [0, 0.05) is 41.3 Å². The molecule has 1 aromatic heterocycles. The molecule has 1 fully saturated rings. The van der Waals surface area contributed by atoms with Gasteiger partial charge in [0.05, 0.1) is 7.11 Å². The van der Waals surface area contributed by atoms with Crippen molar-refractivity contribution in [2.75, 3.05) is 25.6 Å². The van der Waals surface area contributed by atoms with Crippen molar-refractivity contribution in [1.29, 1.82) is 0 Å². The Bertz CT molecular complexity index is 810. The van der Waals surface area contributed by atoms with E-state index in [1.807, 2.05) is 41.8 Å². The number of methoxy groups -OCH3 is 1. The van der Waals surface area contributed by atoms with Crippen LogP contribution in [0.2, 0.25) is 0 Å². The highest BCUT2D eigenvalue weighted by atomic mass is 32.1. The van der Waals surface area contributed by atoms with E-state index in [4.69, 9.17) is 9.47 Å². The van der Waals surface area contributed by atoms with E-state index in [9.17, 15) is 4.79 Å². The number of benzene rings is 1. The van der Waals surface area contributed by atoms with Gasteiger partial charge in [0.1, 0.15) is 6.61 Å². The number of anilines is 1. The van der Waals surface area contributed by atoms with E-state index >= 15 is 0 Å². The predicted molar refractivity (Wildman–Crippen MR) is 120 cm³/mol. The first-order valence-electron chi connectivity index (χ1n) is 10.2. The van der Waals surface area contributed by atoms with Gasteiger partial charge in [-0.2, -0.15) is 0 Å². The first-order chi connectivity index (χ1) is 14.1. The summed E-state index contributed by atoms with van der Waals surface area (Å²) in [4.78, 5) is 15.7. The fraction of sp³-hybridized carbons (Fsp3) is 0.435. The minimum Gasteiger partial charge on any atom is -0.493 e. The Morgan fingerprint density at radius 1 is 1.24 bits per heavy atom. The summed E-state index contributed by atoms with van der Waals surface area (Å²) in [6, 6.07) is 10.6. The van der Waals surface area contributed by atoms with Gasteiger partial charge in [-0.25, -0.2) is 0 Å². The first-order valence-corrected chi connectivity index (χ1v) is 11.0. The molecule has 0 bridgehead atoms. The van der Waals surface area contributed by atoms with Gasteiger partial charge in [0.25, 0.3) is 0 Å². The van der Waals surface area contributed by atoms with Crippen LogP contribution in [-0.4, -0.2) is 43.2 Å². The normalized spacial score (nSPS) is 20.0. The van der Waals surface area contributed by atoms with Crippen LogP contribution in [0.4, 0.5) is 5.69 Å². The summed E-state index contributed by atoms with van der Waals surface area (Å²) in [6.45, 7) is 6.04. The molecule has 1 saturated heterocycles. The highest BCUT2D eigenvalue weighted by Crippen LogP contribution is 2.30. The summed E-state index contributed by atoms with van der Waals surface area (Å²) in [6.07, 6.45) is 7.14. The Morgan fingerprint density at radius 2 is 2.03 bits per heavy atom. The molecule has 0 radical (unpaired) electrons. The Hall–Kier alpha value is -2.31. The van der Waals surface area contributed by atoms with E-state index in [-0.39, 0.29) is 5.91 Å². The number of carbonyl (C=O) groups excluding carboxylic acids is 1. The van der Waals surface area contributed by atoms with E-state index in [0.717, 1.165) is 11.4 Å². The maximum absolute atomic E-state index is 12.2. The lowest BCUT2D eigenvalue weighted by Gasteiger charge is -2.38. The molecule has 0 unspecified atom stereocenters. The van der Waals surface area contributed by atoms with Gasteiger partial charge in [-0.1, -0.05) is 12.5 Å². The van der Waals surface area contributed by atoms with E-state index in [1.165, 1.54) is 25.3 Å². The number of amides is 1. The second-order valence-corrected chi connectivity index (χ2v) is 8.40. The lowest BCUT2D eigenvalue weighted by molar-refractivity contribution is -0.111. The third kappa shape index (κ3) is 6.08.